The first-order valence-corrected chi connectivity index (χ1v) is 29.0. The maximum absolute atomic E-state index is 7.28. The van der Waals surface area contributed by atoms with E-state index < -0.39 is 0 Å². The summed E-state index contributed by atoms with van der Waals surface area (Å²) in [5.41, 5.74) is 52.7. The van der Waals surface area contributed by atoms with E-state index in [1.165, 1.54) is 246 Å². The largest absolute Gasteiger partial charge is 0.456 e. The zero-order chi connectivity index (χ0) is 57.5. The Bertz CT molecular complexity index is 4400. The van der Waals surface area contributed by atoms with Gasteiger partial charge in [-0.1, -0.05) is 115 Å². The van der Waals surface area contributed by atoms with Gasteiger partial charge in [-0.05, 0) is 71.4 Å². The number of hydrogen-bond donors (Lipinski definition) is 0. The Balaban J connectivity index is 1.39. The number of fused-ring (bicyclic) bond motifs is 7. The molecule has 1 heterocycles. The minimum Gasteiger partial charge on any atom is -0.456 e. The summed E-state index contributed by atoms with van der Waals surface area (Å²) in [6.07, 6.45) is 0. The van der Waals surface area contributed by atoms with Crippen LogP contribution < -0.4 is 158 Å². The fraction of sp³-hybridized carbons (Fsp3) is 0. The van der Waals surface area contributed by atoms with E-state index in [4.69, 9.17) is 4.42 Å². The Labute approximate surface area is 491 Å². The van der Waals surface area contributed by atoms with Crippen LogP contribution in [-0.4, -0.2) is 228 Å². The standard InChI is InChI=1S/C48H59B29O/c49-3-1-2(4-22(53)37(68)45(76)38(69)23(4)54)19(50)11(20(3)51)5-7-9(26(57)41(72)39(70)24(7)55)6(10-8(5)25(56)40(71)42(73)27(10)58)12-28(59)30(61)14(31(62)29(12)60)13-21(52)17-18-35(66)32(63)15-16(36(67)44(75)43(74)33(15)64)47(18)78-48(17)46(77)34(13)65/h1H,49-77H2. The second-order valence-electron chi connectivity index (χ2n) is 25.1. The Hall–Kier alpha value is -4.56. The lowest BCUT2D eigenvalue weighted by Gasteiger charge is -2.32. The lowest BCUT2D eigenvalue weighted by Crippen LogP contribution is -2.55. The smallest absolute Gasteiger partial charge is 0.143 e. The third-order valence-electron chi connectivity index (χ3n) is 22.3. The van der Waals surface area contributed by atoms with Gasteiger partial charge in [0.15, 0.2) is 0 Å². The molecule has 0 radical (unpaired) electrons. The number of hydrogen-bond acceptors (Lipinski definition) is 1. The third-order valence-corrected chi connectivity index (χ3v) is 22.3. The van der Waals surface area contributed by atoms with Gasteiger partial charge in [0.1, 0.15) is 239 Å². The molecule has 1 aromatic heterocycles. The van der Waals surface area contributed by atoms with Crippen molar-refractivity contribution in [3.8, 4) is 44.5 Å². The van der Waals surface area contributed by atoms with Gasteiger partial charge in [-0.25, -0.2) is 0 Å². The first-order chi connectivity index (χ1) is 36.4. The van der Waals surface area contributed by atoms with Crippen LogP contribution in [0.15, 0.2) is 10.5 Å². The van der Waals surface area contributed by atoms with E-state index in [-0.39, 0.29) is 0 Å². The maximum atomic E-state index is 7.28. The Morgan fingerprint density at radius 3 is 0.821 bits per heavy atom. The first-order valence-electron chi connectivity index (χ1n) is 29.0. The molecule has 344 valence electrons. The van der Waals surface area contributed by atoms with Crippen LogP contribution in [0.3, 0.4) is 0 Å². The van der Waals surface area contributed by atoms with Crippen LogP contribution in [-0.2, 0) is 0 Å². The summed E-state index contributed by atoms with van der Waals surface area (Å²) in [5, 5.41) is 10.8. The van der Waals surface area contributed by atoms with Crippen LogP contribution in [0.5, 0.6) is 0 Å². The van der Waals surface area contributed by atoms with Crippen molar-refractivity contribution >= 4 is 440 Å². The molecule has 0 atom stereocenters. The van der Waals surface area contributed by atoms with Crippen molar-refractivity contribution in [2.45, 2.75) is 0 Å². The maximum Gasteiger partial charge on any atom is 0.143 e. The Morgan fingerprint density at radius 1 is 0.167 bits per heavy atom. The van der Waals surface area contributed by atoms with Crippen molar-refractivity contribution in [2.75, 3.05) is 0 Å². The van der Waals surface area contributed by atoms with E-state index in [0.29, 0.717) is 0 Å². The molecule has 0 unspecified atom stereocenters. The summed E-state index contributed by atoms with van der Waals surface area (Å²) in [7, 11) is 68.6. The second-order valence-corrected chi connectivity index (χ2v) is 25.1. The van der Waals surface area contributed by atoms with Crippen molar-refractivity contribution in [2.24, 2.45) is 0 Å². The van der Waals surface area contributed by atoms with Gasteiger partial charge in [-0.15, -0.1) is 49.2 Å². The molecule has 78 heavy (non-hydrogen) atoms. The molecule has 0 aliphatic heterocycles. The summed E-state index contributed by atoms with van der Waals surface area (Å²) < 4.78 is 7.28. The van der Waals surface area contributed by atoms with Crippen LogP contribution in [0, 0.1) is 0 Å². The highest BCUT2D eigenvalue weighted by Crippen LogP contribution is 2.39. The minimum atomic E-state index is 1.03. The molecule has 30 heteroatoms. The highest BCUT2D eigenvalue weighted by Gasteiger charge is 2.32. The number of rotatable bonds is 4. The van der Waals surface area contributed by atoms with Crippen LogP contribution in [0.25, 0.3) is 98.8 Å². The zero-order valence-corrected chi connectivity index (χ0v) is 53.5. The fourth-order valence-corrected chi connectivity index (χ4v) is 15.4. The van der Waals surface area contributed by atoms with Gasteiger partial charge in [-0.2, -0.15) is 0 Å². The predicted molar refractivity (Wildman–Crippen MR) is 445 cm³/mol. The molecular formula is C48H59B29O. The lowest BCUT2D eigenvalue weighted by atomic mass is 9.55. The van der Waals surface area contributed by atoms with E-state index in [1.54, 1.807) is 0 Å². The quantitative estimate of drug-likeness (QED) is 0.127. The molecule has 0 spiro atoms. The highest BCUT2D eigenvalue weighted by molar-refractivity contribution is 6.77. The molecule has 0 N–H and O–H groups in total. The molecule has 0 saturated heterocycles. The average molecular weight is 966 g/mol. The highest BCUT2D eigenvalue weighted by atomic mass is 16.3. The van der Waals surface area contributed by atoms with Crippen LogP contribution in [0.4, 0.5) is 0 Å². The lowest BCUT2D eigenvalue weighted by molar-refractivity contribution is 0.676. The zero-order valence-electron chi connectivity index (χ0n) is 53.5. The van der Waals surface area contributed by atoms with Crippen molar-refractivity contribution in [3.05, 3.63) is 6.07 Å². The number of benzene rings is 9. The molecule has 0 aliphatic carbocycles. The van der Waals surface area contributed by atoms with Crippen LogP contribution in [0.1, 0.15) is 0 Å². The molecule has 0 saturated carbocycles. The van der Waals surface area contributed by atoms with Gasteiger partial charge in [0, 0.05) is 16.2 Å². The summed E-state index contributed by atoms with van der Waals surface area (Å²) in [6, 6.07) is 2.50. The normalized spacial score (nSPS) is 11.8. The third kappa shape index (κ3) is 7.36. The van der Waals surface area contributed by atoms with Crippen LogP contribution >= 0.6 is 0 Å². The molecule has 0 aliphatic rings. The van der Waals surface area contributed by atoms with E-state index in [2.05, 4.69) is 234 Å². The van der Waals surface area contributed by atoms with E-state index in [1.807, 2.05) is 0 Å². The average Bonchev–Trinajstić information content (AvgIpc) is 3.96. The van der Waals surface area contributed by atoms with E-state index >= 15 is 0 Å². The van der Waals surface area contributed by atoms with E-state index in [0.717, 1.165) is 11.2 Å². The van der Waals surface area contributed by atoms with Crippen molar-refractivity contribution in [3.63, 3.8) is 0 Å². The second kappa shape index (κ2) is 19.3. The molecule has 10 rings (SSSR count). The molecule has 0 bridgehead atoms. The SMILES string of the molecule is Bc1cc(-c2c(B)c(B)c(B)c(B)c2B)c(B)c(-c2c3c(B)c(B)c(B)c(B)c3c(-c3c(B)c(B)c(-c4c(B)c(B)c5oc6c7c(B)c(B)c(B)c(B)c7c(B)c(B)c6c5c4B)c(B)c3B)c3c(B)c(B)c(B)c(B)c23)c1B. The summed E-state index contributed by atoms with van der Waals surface area (Å²) >= 11 is 0. The molecule has 0 amide bonds. The minimum absolute atomic E-state index is 1.03. The summed E-state index contributed by atoms with van der Waals surface area (Å²) in [5.74, 6) is 0. The van der Waals surface area contributed by atoms with Gasteiger partial charge in [0.25, 0.3) is 0 Å². The van der Waals surface area contributed by atoms with Gasteiger partial charge >= 0.3 is 0 Å². The molecule has 1 nitrogen and oxygen atoms in total. The Kier molecular flexibility index (Phi) is 14.0. The predicted octanol–water partition coefficient (Wildman–Crippen LogP) is -36.8. The van der Waals surface area contributed by atoms with E-state index in [9.17, 15) is 0 Å². The van der Waals surface area contributed by atoms with Gasteiger partial charge in [-0.3, -0.25) is 0 Å². The monoisotopic (exact) mass is 971 g/mol. The van der Waals surface area contributed by atoms with Crippen molar-refractivity contribution in [1.82, 2.24) is 0 Å². The number of furan rings is 1. The summed E-state index contributed by atoms with van der Waals surface area (Å²) in [6.45, 7) is 0. The summed E-state index contributed by atoms with van der Waals surface area (Å²) in [4.78, 5) is 0. The van der Waals surface area contributed by atoms with Crippen molar-refractivity contribution < 1.29 is 4.42 Å². The molecule has 9 aromatic carbocycles. The van der Waals surface area contributed by atoms with Crippen molar-refractivity contribution in [1.29, 1.82) is 0 Å². The molecule has 0 fully saturated rings. The van der Waals surface area contributed by atoms with Gasteiger partial charge < -0.3 is 4.42 Å². The first kappa shape index (κ1) is 56.7. The van der Waals surface area contributed by atoms with Gasteiger partial charge in [0.2, 0.25) is 0 Å². The molecular weight excluding hydrogens is 906 g/mol. The fourth-order valence-electron chi connectivity index (χ4n) is 15.4. The Morgan fingerprint density at radius 2 is 0.410 bits per heavy atom. The topological polar surface area (TPSA) is 13.1 Å². The van der Waals surface area contributed by atoms with Crippen LogP contribution in [0.2, 0.25) is 0 Å². The molecule has 10 aromatic rings. The van der Waals surface area contributed by atoms with Gasteiger partial charge in [0.05, 0.1) is 0 Å².